The second-order valence-corrected chi connectivity index (χ2v) is 3.58. The summed E-state index contributed by atoms with van der Waals surface area (Å²) in [7, 11) is 0. The third kappa shape index (κ3) is 6.13. The van der Waals surface area contributed by atoms with Gasteiger partial charge in [-0.2, -0.15) is 0 Å². The molecule has 1 aromatic rings. The normalized spacial score (nSPS) is 12.8. The number of thioether (sulfide) groups is 1. The third-order valence-electron chi connectivity index (χ3n) is 1.53. The van der Waals surface area contributed by atoms with E-state index in [2.05, 4.69) is 9.97 Å². The van der Waals surface area contributed by atoms with Gasteiger partial charge in [-0.3, -0.25) is 0 Å². The van der Waals surface area contributed by atoms with Crippen LogP contribution in [-0.4, -0.2) is 60.8 Å². The van der Waals surface area contributed by atoms with Gasteiger partial charge in [0.25, 0.3) is 0 Å². The Morgan fingerprint density at radius 1 is 1.11 bits per heavy atom. The number of hydrogen-bond acceptors (Lipinski definition) is 7. The summed E-state index contributed by atoms with van der Waals surface area (Å²) in [4.78, 5) is 27.4. The van der Waals surface area contributed by atoms with Gasteiger partial charge >= 0.3 is 11.9 Å². The number of aliphatic carboxylic acids is 2. The van der Waals surface area contributed by atoms with Gasteiger partial charge in [-0.05, 0) is 12.3 Å². The van der Waals surface area contributed by atoms with E-state index in [9.17, 15) is 9.59 Å². The molecule has 9 heteroatoms. The molecule has 8 nitrogen and oxygen atoms in total. The van der Waals surface area contributed by atoms with E-state index in [0.29, 0.717) is 0 Å². The smallest absolute Gasteiger partial charge is 0.335 e. The molecule has 2 unspecified atom stereocenters. The van der Waals surface area contributed by atoms with Crippen LogP contribution < -0.4 is 0 Å². The van der Waals surface area contributed by atoms with Crippen LogP contribution in [0.3, 0.4) is 0 Å². The maximum Gasteiger partial charge on any atom is 0.335 e. The average Bonchev–Trinajstić information content (AvgIpc) is 2.38. The Morgan fingerprint density at radius 3 is 1.72 bits per heavy atom. The van der Waals surface area contributed by atoms with Gasteiger partial charge in [0.15, 0.2) is 17.4 Å². The van der Waals surface area contributed by atoms with Crippen molar-refractivity contribution in [2.24, 2.45) is 0 Å². The summed E-state index contributed by atoms with van der Waals surface area (Å²) < 4.78 is 0. The van der Waals surface area contributed by atoms with Gasteiger partial charge in [0.2, 0.25) is 0 Å². The lowest BCUT2D eigenvalue weighted by Gasteiger charge is -2.07. The zero-order chi connectivity index (χ0) is 14.1. The monoisotopic (exact) mass is 276 g/mol. The Morgan fingerprint density at radius 2 is 1.50 bits per heavy atom. The highest BCUT2D eigenvalue weighted by atomic mass is 32.2. The Bertz CT molecular complexity index is 370. The third-order valence-corrected chi connectivity index (χ3v) is 2.11. The minimum atomic E-state index is -2.27. The zero-order valence-electron chi connectivity index (χ0n) is 9.29. The van der Waals surface area contributed by atoms with Crippen LogP contribution in [0.4, 0.5) is 0 Å². The number of hydrogen-bond donors (Lipinski definition) is 4. The van der Waals surface area contributed by atoms with Crippen molar-refractivity contribution in [3.8, 4) is 0 Å². The van der Waals surface area contributed by atoms with Crippen molar-refractivity contribution in [1.29, 1.82) is 0 Å². The number of rotatable bonds is 4. The summed E-state index contributed by atoms with van der Waals surface area (Å²) >= 11 is 1.55. The first-order chi connectivity index (χ1) is 8.40. The summed E-state index contributed by atoms with van der Waals surface area (Å²) in [5.41, 5.74) is 0. The standard InChI is InChI=1S/C5H6N2S.C4H6O6/c1-8-5-6-3-2-4-7-5;5-1(3(7)8)2(6)4(9)10/h2-4H,1H3;1-2,5-6H,(H,7,8)(H,9,10). The topological polar surface area (TPSA) is 141 Å². The molecule has 1 rings (SSSR count). The highest BCUT2D eigenvalue weighted by Gasteiger charge is 2.29. The van der Waals surface area contributed by atoms with E-state index >= 15 is 0 Å². The largest absolute Gasteiger partial charge is 0.479 e. The molecule has 1 aromatic heterocycles. The first-order valence-electron chi connectivity index (χ1n) is 4.53. The summed E-state index contributed by atoms with van der Waals surface area (Å²) in [6.45, 7) is 0. The van der Waals surface area contributed by atoms with Crippen LogP contribution in [0, 0.1) is 0 Å². The average molecular weight is 276 g/mol. The van der Waals surface area contributed by atoms with Gasteiger partial charge in [0.05, 0.1) is 0 Å². The van der Waals surface area contributed by atoms with Gasteiger partial charge < -0.3 is 20.4 Å². The molecule has 100 valence electrons. The van der Waals surface area contributed by atoms with Crippen molar-refractivity contribution in [3.05, 3.63) is 18.5 Å². The van der Waals surface area contributed by atoms with E-state index < -0.39 is 24.1 Å². The molecule has 0 spiro atoms. The Labute approximate surface area is 106 Å². The first-order valence-corrected chi connectivity index (χ1v) is 5.75. The quantitative estimate of drug-likeness (QED) is 0.405. The molecule has 0 radical (unpaired) electrons. The minimum absolute atomic E-state index is 0.826. The van der Waals surface area contributed by atoms with Crippen LogP contribution in [0.1, 0.15) is 0 Å². The summed E-state index contributed by atoms with van der Waals surface area (Å²) in [6.07, 6.45) is 0.891. The summed E-state index contributed by atoms with van der Waals surface area (Å²) in [6, 6.07) is 1.81. The van der Waals surface area contributed by atoms with Crippen molar-refractivity contribution in [1.82, 2.24) is 9.97 Å². The summed E-state index contributed by atoms with van der Waals surface area (Å²) in [5, 5.41) is 33.4. The lowest BCUT2D eigenvalue weighted by Crippen LogP contribution is -2.39. The lowest BCUT2D eigenvalue weighted by molar-refractivity contribution is -0.165. The van der Waals surface area contributed by atoms with E-state index in [1.807, 2.05) is 6.26 Å². The fraction of sp³-hybridized carbons (Fsp3) is 0.333. The van der Waals surface area contributed by atoms with Crippen LogP contribution in [-0.2, 0) is 9.59 Å². The number of aliphatic hydroxyl groups is 2. The van der Waals surface area contributed by atoms with Crippen molar-refractivity contribution < 1.29 is 30.0 Å². The van der Waals surface area contributed by atoms with Crippen molar-refractivity contribution >= 4 is 23.7 Å². The number of carbonyl (C=O) groups is 2. The number of nitrogens with zero attached hydrogens (tertiary/aromatic N) is 2. The van der Waals surface area contributed by atoms with E-state index in [1.165, 1.54) is 0 Å². The van der Waals surface area contributed by atoms with Crippen molar-refractivity contribution in [3.63, 3.8) is 0 Å². The van der Waals surface area contributed by atoms with E-state index in [4.69, 9.17) is 20.4 Å². The Balaban J connectivity index is 0.000000327. The Hall–Kier alpha value is -1.71. The van der Waals surface area contributed by atoms with Gasteiger partial charge in [-0.1, -0.05) is 11.8 Å². The second-order valence-electron chi connectivity index (χ2n) is 2.80. The van der Waals surface area contributed by atoms with Crippen LogP contribution in [0.5, 0.6) is 0 Å². The highest BCUT2D eigenvalue weighted by Crippen LogP contribution is 2.03. The molecule has 18 heavy (non-hydrogen) atoms. The van der Waals surface area contributed by atoms with Crippen molar-refractivity contribution in [2.45, 2.75) is 17.4 Å². The molecule has 0 amide bonds. The Kier molecular flexibility index (Phi) is 7.59. The molecular weight excluding hydrogens is 264 g/mol. The highest BCUT2D eigenvalue weighted by molar-refractivity contribution is 7.98. The van der Waals surface area contributed by atoms with Crippen LogP contribution in [0.25, 0.3) is 0 Å². The number of carboxylic acids is 2. The van der Waals surface area contributed by atoms with Gasteiger partial charge in [-0.25, -0.2) is 19.6 Å². The van der Waals surface area contributed by atoms with Gasteiger partial charge in [-0.15, -0.1) is 0 Å². The predicted molar refractivity (Wildman–Crippen MR) is 61.1 cm³/mol. The number of aliphatic hydroxyl groups excluding tert-OH is 2. The molecule has 0 saturated heterocycles. The first kappa shape index (κ1) is 16.3. The summed E-state index contributed by atoms with van der Waals surface area (Å²) in [5.74, 6) is -3.54. The molecule has 4 N–H and O–H groups in total. The minimum Gasteiger partial charge on any atom is -0.479 e. The molecule has 0 aliphatic heterocycles. The van der Waals surface area contributed by atoms with Crippen molar-refractivity contribution in [2.75, 3.05) is 6.26 Å². The maximum atomic E-state index is 9.77. The molecule has 0 aromatic carbocycles. The van der Waals surface area contributed by atoms with Crippen LogP contribution in [0.15, 0.2) is 23.6 Å². The molecule has 0 fully saturated rings. The lowest BCUT2D eigenvalue weighted by atomic mass is 10.2. The zero-order valence-corrected chi connectivity index (χ0v) is 10.1. The number of aromatic nitrogens is 2. The molecule has 2 atom stereocenters. The molecular formula is C9H12N2O6S. The molecule has 0 saturated carbocycles. The van der Waals surface area contributed by atoms with E-state index in [0.717, 1.165) is 5.16 Å². The number of carboxylic acid groups (broad SMARTS) is 2. The van der Waals surface area contributed by atoms with Gasteiger partial charge in [0.1, 0.15) is 0 Å². The fourth-order valence-corrected chi connectivity index (χ4v) is 0.993. The van der Waals surface area contributed by atoms with Crippen LogP contribution in [0.2, 0.25) is 0 Å². The predicted octanol–water partition coefficient (Wildman–Crippen LogP) is -0.924. The SMILES string of the molecule is CSc1ncccn1.O=C(O)C(O)C(O)C(=O)O. The molecule has 1 heterocycles. The molecule has 0 aliphatic rings. The molecule has 0 bridgehead atoms. The fourth-order valence-electron chi connectivity index (χ4n) is 0.661. The second kappa shape index (κ2) is 8.39. The van der Waals surface area contributed by atoms with E-state index in [-0.39, 0.29) is 0 Å². The molecule has 0 aliphatic carbocycles. The van der Waals surface area contributed by atoms with Gasteiger partial charge in [0, 0.05) is 12.4 Å². The van der Waals surface area contributed by atoms with Crippen LogP contribution >= 0.6 is 11.8 Å². The maximum absolute atomic E-state index is 9.77. The van der Waals surface area contributed by atoms with E-state index in [1.54, 1.807) is 30.2 Å².